The lowest BCUT2D eigenvalue weighted by atomic mass is 10.1. The Morgan fingerprint density at radius 2 is 1.68 bits per heavy atom. The Bertz CT molecular complexity index is 1040. The minimum absolute atomic E-state index is 0.0293. The molecule has 6 nitrogen and oxygen atoms in total. The third-order valence-electron chi connectivity index (χ3n) is 4.49. The van der Waals surface area contributed by atoms with Gasteiger partial charge < -0.3 is 4.90 Å². The third kappa shape index (κ3) is 4.27. The molecule has 3 rings (SSSR count). The third-order valence-corrected chi connectivity index (χ3v) is 6.40. The van der Waals surface area contributed by atoms with Gasteiger partial charge in [-0.05, 0) is 42.0 Å². The molecule has 1 saturated heterocycles. The number of rotatable bonds is 4. The van der Waals surface area contributed by atoms with Crippen molar-refractivity contribution < 1.29 is 17.6 Å². The van der Waals surface area contributed by atoms with Crippen LogP contribution in [0.3, 0.4) is 0 Å². The molecule has 0 spiro atoms. The molecule has 1 aliphatic heterocycles. The lowest BCUT2D eigenvalue weighted by molar-refractivity contribution is -0.127. The first-order valence-corrected chi connectivity index (χ1v) is 10.1. The van der Waals surface area contributed by atoms with Crippen LogP contribution < -0.4 is 0 Å². The van der Waals surface area contributed by atoms with Gasteiger partial charge in [0.1, 0.15) is 5.82 Å². The van der Waals surface area contributed by atoms with Crippen LogP contribution in [0.1, 0.15) is 11.1 Å². The van der Waals surface area contributed by atoms with E-state index in [1.807, 2.05) is 0 Å². The molecular formula is C20H18FN3O3S. The standard InChI is InChI=1S/C20H18FN3O3S/c21-18-6-8-19(9-7-18)28(26,27)24-13-11-23(12-14-24)20(25)10-5-16-3-1-2-4-17(16)15-22/h1-10H,11-14H2. The highest BCUT2D eigenvalue weighted by Gasteiger charge is 2.29. The normalized spacial score (nSPS) is 15.5. The Labute approximate surface area is 163 Å². The van der Waals surface area contributed by atoms with Crippen LogP contribution in [0.5, 0.6) is 0 Å². The van der Waals surface area contributed by atoms with Crippen molar-refractivity contribution in [2.75, 3.05) is 26.2 Å². The summed E-state index contributed by atoms with van der Waals surface area (Å²) in [5.41, 5.74) is 1.12. The molecule has 0 unspecified atom stereocenters. The van der Waals surface area contributed by atoms with Crippen LogP contribution in [0.2, 0.25) is 0 Å². The first-order valence-electron chi connectivity index (χ1n) is 8.63. The Kier molecular flexibility index (Phi) is 5.87. The fourth-order valence-electron chi connectivity index (χ4n) is 2.92. The van der Waals surface area contributed by atoms with Crippen molar-refractivity contribution in [3.8, 4) is 6.07 Å². The number of hydrogen-bond donors (Lipinski definition) is 0. The Hall–Kier alpha value is -3.02. The van der Waals surface area contributed by atoms with Crippen LogP contribution in [0.15, 0.2) is 59.5 Å². The lowest BCUT2D eigenvalue weighted by Gasteiger charge is -2.33. The van der Waals surface area contributed by atoms with Gasteiger partial charge in [-0.2, -0.15) is 9.57 Å². The molecule has 144 valence electrons. The van der Waals surface area contributed by atoms with Gasteiger partial charge >= 0.3 is 0 Å². The van der Waals surface area contributed by atoms with Crippen molar-refractivity contribution in [3.05, 3.63) is 71.6 Å². The van der Waals surface area contributed by atoms with Crippen molar-refractivity contribution in [1.82, 2.24) is 9.21 Å². The number of nitrogens with zero attached hydrogens (tertiary/aromatic N) is 3. The maximum absolute atomic E-state index is 13.0. The molecule has 0 saturated carbocycles. The van der Waals surface area contributed by atoms with Gasteiger partial charge in [-0.25, -0.2) is 12.8 Å². The zero-order chi connectivity index (χ0) is 20.1. The number of benzene rings is 2. The van der Waals surface area contributed by atoms with Crippen LogP contribution >= 0.6 is 0 Å². The summed E-state index contributed by atoms with van der Waals surface area (Å²) in [6.07, 6.45) is 2.98. The second-order valence-electron chi connectivity index (χ2n) is 6.22. The van der Waals surface area contributed by atoms with Crippen molar-refractivity contribution in [3.63, 3.8) is 0 Å². The molecule has 0 N–H and O–H groups in total. The maximum atomic E-state index is 13.0. The molecule has 0 atom stereocenters. The number of halogens is 1. The van der Waals surface area contributed by atoms with Crippen molar-refractivity contribution in [1.29, 1.82) is 5.26 Å². The Morgan fingerprint density at radius 3 is 2.32 bits per heavy atom. The van der Waals surface area contributed by atoms with E-state index in [0.717, 1.165) is 12.1 Å². The molecule has 1 heterocycles. The van der Waals surface area contributed by atoms with E-state index in [0.29, 0.717) is 11.1 Å². The Morgan fingerprint density at radius 1 is 1.04 bits per heavy atom. The number of nitriles is 1. The molecule has 1 amide bonds. The number of carbonyl (C=O) groups excluding carboxylic acids is 1. The predicted octanol–water partition coefficient (Wildman–Crippen LogP) is 2.24. The van der Waals surface area contributed by atoms with E-state index in [1.165, 1.54) is 22.5 Å². The molecule has 1 aliphatic rings. The highest BCUT2D eigenvalue weighted by atomic mass is 32.2. The van der Waals surface area contributed by atoms with Crippen LogP contribution in [0.4, 0.5) is 4.39 Å². The number of hydrogen-bond acceptors (Lipinski definition) is 4. The molecule has 1 fully saturated rings. The second kappa shape index (κ2) is 8.33. The smallest absolute Gasteiger partial charge is 0.246 e. The SMILES string of the molecule is N#Cc1ccccc1C=CC(=O)N1CCN(S(=O)(=O)c2ccc(F)cc2)CC1. The van der Waals surface area contributed by atoms with Crippen molar-refractivity contribution in [2.45, 2.75) is 4.90 Å². The summed E-state index contributed by atoms with van der Waals surface area (Å²) in [6.45, 7) is 0.829. The van der Waals surface area contributed by atoms with Gasteiger partial charge in [0.25, 0.3) is 0 Å². The highest BCUT2D eigenvalue weighted by molar-refractivity contribution is 7.89. The van der Waals surface area contributed by atoms with Gasteiger partial charge in [0.15, 0.2) is 0 Å². The molecule has 0 aromatic heterocycles. The molecule has 0 aliphatic carbocycles. The van der Waals surface area contributed by atoms with Crippen LogP contribution in [0, 0.1) is 17.1 Å². The van der Waals surface area contributed by atoms with Gasteiger partial charge in [0.2, 0.25) is 15.9 Å². The quantitative estimate of drug-likeness (QED) is 0.739. The van der Waals surface area contributed by atoms with Gasteiger partial charge in [0, 0.05) is 32.3 Å². The first-order chi connectivity index (χ1) is 13.4. The predicted molar refractivity (Wildman–Crippen MR) is 102 cm³/mol. The van der Waals surface area contributed by atoms with Gasteiger partial charge in [-0.15, -0.1) is 0 Å². The van der Waals surface area contributed by atoms with Gasteiger partial charge in [-0.1, -0.05) is 18.2 Å². The second-order valence-corrected chi connectivity index (χ2v) is 8.15. The first kappa shape index (κ1) is 19.7. The maximum Gasteiger partial charge on any atom is 0.246 e. The molecule has 0 bridgehead atoms. The van der Waals surface area contributed by atoms with Gasteiger partial charge in [-0.3, -0.25) is 4.79 Å². The van der Waals surface area contributed by atoms with Crippen molar-refractivity contribution in [2.24, 2.45) is 0 Å². The summed E-state index contributed by atoms with van der Waals surface area (Å²) in [7, 11) is -3.72. The van der Waals surface area contributed by atoms with Crippen molar-refractivity contribution >= 4 is 22.0 Å². The summed E-state index contributed by atoms with van der Waals surface area (Å²) in [5.74, 6) is -0.745. The summed E-state index contributed by atoms with van der Waals surface area (Å²) in [6, 6.07) is 13.7. The minimum Gasteiger partial charge on any atom is -0.337 e. The summed E-state index contributed by atoms with van der Waals surface area (Å²) in [4.78, 5) is 14.0. The minimum atomic E-state index is -3.72. The van der Waals surface area contributed by atoms with E-state index in [1.54, 1.807) is 35.2 Å². The molecular weight excluding hydrogens is 381 g/mol. The highest BCUT2D eigenvalue weighted by Crippen LogP contribution is 2.18. The topological polar surface area (TPSA) is 81.5 Å². The largest absolute Gasteiger partial charge is 0.337 e. The lowest BCUT2D eigenvalue weighted by Crippen LogP contribution is -2.50. The summed E-state index contributed by atoms with van der Waals surface area (Å²) < 4.78 is 39.5. The number of amides is 1. The van der Waals surface area contributed by atoms with E-state index in [-0.39, 0.29) is 37.0 Å². The van der Waals surface area contributed by atoms with Crippen LogP contribution in [-0.2, 0) is 14.8 Å². The van der Waals surface area contributed by atoms with Crippen LogP contribution in [0.25, 0.3) is 6.08 Å². The van der Waals surface area contributed by atoms with E-state index >= 15 is 0 Å². The number of sulfonamides is 1. The van der Waals surface area contributed by atoms with E-state index < -0.39 is 15.8 Å². The molecule has 0 radical (unpaired) electrons. The zero-order valence-corrected chi connectivity index (χ0v) is 15.8. The average molecular weight is 399 g/mol. The van der Waals surface area contributed by atoms with Gasteiger partial charge in [0.05, 0.1) is 16.5 Å². The number of piperazine rings is 1. The Balaban J connectivity index is 1.63. The zero-order valence-electron chi connectivity index (χ0n) is 15.0. The molecule has 8 heteroatoms. The van der Waals surface area contributed by atoms with E-state index in [9.17, 15) is 17.6 Å². The molecule has 2 aromatic carbocycles. The molecule has 2 aromatic rings. The summed E-state index contributed by atoms with van der Waals surface area (Å²) in [5, 5.41) is 9.08. The van der Waals surface area contributed by atoms with E-state index in [2.05, 4.69) is 6.07 Å². The van der Waals surface area contributed by atoms with Crippen LogP contribution in [-0.4, -0.2) is 49.7 Å². The van der Waals surface area contributed by atoms with E-state index in [4.69, 9.17) is 5.26 Å². The monoisotopic (exact) mass is 399 g/mol. The summed E-state index contributed by atoms with van der Waals surface area (Å²) >= 11 is 0. The average Bonchev–Trinajstić information content (AvgIpc) is 2.72. The fraction of sp³-hybridized carbons (Fsp3) is 0.200. The fourth-order valence-corrected chi connectivity index (χ4v) is 4.34. The number of carbonyl (C=O) groups is 1. The molecule has 28 heavy (non-hydrogen) atoms.